The largest absolute Gasteiger partial charge is 0.350 e. The van der Waals surface area contributed by atoms with E-state index in [4.69, 9.17) is 0 Å². The number of carbonyl (C=O) groups excluding carboxylic acids is 2. The molecule has 0 heterocycles. The third-order valence-corrected chi connectivity index (χ3v) is 5.25. The summed E-state index contributed by atoms with van der Waals surface area (Å²) in [7, 11) is 0. The molecular formula is C26H26N2O2. The molecule has 0 aliphatic heterocycles. The van der Waals surface area contributed by atoms with Crippen LogP contribution in [0.5, 0.6) is 0 Å². The fourth-order valence-corrected chi connectivity index (χ4v) is 3.66. The van der Waals surface area contributed by atoms with E-state index in [9.17, 15) is 9.59 Å². The van der Waals surface area contributed by atoms with E-state index in [1.165, 1.54) is 18.4 Å². The van der Waals surface area contributed by atoms with Crippen LogP contribution >= 0.6 is 0 Å². The van der Waals surface area contributed by atoms with E-state index in [2.05, 4.69) is 22.8 Å². The number of rotatable bonds is 6. The lowest BCUT2D eigenvalue weighted by Gasteiger charge is -2.15. The summed E-state index contributed by atoms with van der Waals surface area (Å²) in [5.41, 5.74) is 4.65. The quantitative estimate of drug-likeness (QED) is 0.566. The maximum Gasteiger partial charge on any atom is 0.256 e. The van der Waals surface area contributed by atoms with Gasteiger partial charge in [-0.1, -0.05) is 48.5 Å². The highest BCUT2D eigenvalue weighted by Crippen LogP contribution is 2.40. The summed E-state index contributed by atoms with van der Waals surface area (Å²) in [6.45, 7) is 3.86. The van der Waals surface area contributed by atoms with Crippen molar-refractivity contribution in [3.8, 4) is 11.1 Å². The molecule has 0 radical (unpaired) electrons. The van der Waals surface area contributed by atoms with Gasteiger partial charge in [0.2, 0.25) is 0 Å². The van der Waals surface area contributed by atoms with Gasteiger partial charge in [-0.25, -0.2) is 0 Å². The van der Waals surface area contributed by atoms with Crippen LogP contribution in [0.15, 0.2) is 72.8 Å². The summed E-state index contributed by atoms with van der Waals surface area (Å²) in [6, 6.07) is 22.9. The van der Waals surface area contributed by atoms with Gasteiger partial charge in [0.05, 0.1) is 0 Å². The zero-order valence-electron chi connectivity index (χ0n) is 17.3. The highest BCUT2D eigenvalue weighted by atomic mass is 16.2. The molecule has 0 atom stereocenters. The number of amides is 2. The van der Waals surface area contributed by atoms with Gasteiger partial charge in [-0.2, -0.15) is 0 Å². The molecule has 3 aromatic rings. The zero-order chi connectivity index (χ0) is 21.1. The van der Waals surface area contributed by atoms with E-state index in [1.807, 2.05) is 62.4 Å². The van der Waals surface area contributed by atoms with E-state index >= 15 is 0 Å². The summed E-state index contributed by atoms with van der Waals surface area (Å²) < 4.78 is 0. The van der Waals surface area contributed by atoms with E-state index in [-0.39, 0.29) is 17.9 Å². The predicted octanol–water partition coefficient (Wildman–Crippen LogP) is 5.62. The first-order chi connectivity index (χ1) is 14.5. The highest BCUT2D eigenvalue weighted by Gasteiger charge is 2.24. The fraction of sp³-hybridized carbons (Fsp3) is 0.231. The summed E-state index contributed by atoms with van der Waals surface area (Å²) in [4.78, 5) is 25.9. The van der Waals surface area contributed by atoms with E-state index < -0.39 is 0 Å². The van der Waals surface area contributed by atoms with E-state index in [1.54, 1.807) is 12.1 Å². The van der Waals surface area contributed by atoms with Crippen LogP contribution in [0.4, 0.5) is 5.69 Å². The topological polar surface area (TPSA) is 58.2 Å². The lowest BCUT2D eigenvalue weighted by Crippen LogP contribution is -2.30. The molecule has 1 aliphatic rings. The molecule has 2 amide bonds. The Morgan fingerprint density at radius 2 is 1.40 bits per heavy atom. The number of hydrogen-bond acceptors (Lipinski definition) is 2. The number of carbonyl (C=O) groups is 2. The molecule has 0 saturated heterocycles. The molecule has 1 fully saturated rings. The van der Waals surface area contributed by atoms with Gasteiger partial charge < -0.3 is 10.6 Å². The number of benzene rings is 3. The first-order valence-electron chi connectivity index (χ1n) is 10.4. The van der Waals surface area contributed by atoms with Crippen molar-refractivity contribution >= 4 is 17.5 Å². The van der Waals surface area contributed by atoms with Crippen LogP contribution in [0.3, 0.4) is 0 Å². The molecule has 3 aromatic carbocycles. The van der Waals surface area contributed by atoms with Gasteiger partial charge >= 0.3 is 0 Å². The molecule has 2 N–H and O–H groups in total. The number of anilines is 1. The monoisotopic (exact) mass is 398 g/mol. The van der Waals surface area contributed by atoms with Crippen molar-refractivity contribution in [3.05, 3.63) is 89.5 Å². The zero-order valence-corrected chi connectivity index (χ0v) is 17.3. The predicted molar refractivity (Wildman–Crippen MR) is 121 cm³/mol. The molecule has 0 bridgehead atoms. The van der Waals surface area contributed by atoms with Crippen molar-refractivity contribution in [2.24, 2.45) is 0 Å². The Bertz CT molecular complexity index is 1080. The fourth-order valence-electron chi connectivity index (χ4n) is 3.66. The molecule has 152 valence electrons. The molecule has 4 rings (SSSR count). The molecule has 1 aliphatic carbocycles. The standard InChI is InChI=1S/C26H26N2O2/c1-17(2)27-25(29)23-12-5-3-10-21(23)22-11-4-6-13-24(22)26(30)28-20-9-7-8-19(16-20)18-14-15-18/h3-13,16-18H,14-15H2,1-2H3,(H,27,29)(H,28,30). The van der Waals surface area contributed by atoms with Gasteiger partial charge in [0.25, 0.3) is 11.8 Å². The van der Waals surface area contributed by atoms with Crippen LogP contribution in [0.2, 0.25) is 0 Å². The van der Waals surface area contributed by atoms with Crippen LogP contribution in [0, 0.1) is 0 Å². The molecule has 0 aromatic heterocycles. The van der Waals surface area contributed by atoms with Gasteiger partial charge in [0.15, 0.2) is 0 Å². The molecule has 0 spiro atoms. The highest BCUT2D eigenvalue weighted by molar-refractivity contribution is 6.11. The van der Waals surface area contributed by atoms with Crippen LogP contribution in [0.1, 0.15) is 58.9 Å². The average Bonchev–Trinajstić information content (AvgIpc) is 3.59. The van der Waals surface area contributed by atoms with Crippen molar-refractivity contribution in [2.45, 2.75) is 38.6 Å². The SMILES string of the molecule is CC(C)NC(=O)c1ccccc1-c1ccccc1C(=O)Nc1cccc(C2CC2)c1. The average molecular weight is 399 g/mol. The van der Waals surface area contributed by atoms with Crippen molar-refractivity contribution in [1.29, 1.82) is 0 Å². The van der Waals surface area contributed by atoms with Crippen LogP contribution in [-0.4, -0.2) is 17.9 Å². The Hall–Kier alpha value is -3.40. The third-order valence-electron chi connectivity index (χ3n) is 5.25. The van der Waals surface area contributed by atoms with Gasteiger partial charge in [-0.3, -0.25) is 9.59 Å². The van der Waals surface area contributed by atoms with Crippen molar-refractivity contribution in [3.63, 3.8) is 0 Å². The Labute approximate surface area is 177 Å². The Morgan fingerprint density at radius 3 is 2.00 bits per heavy atom. The Kier molecular flexibility index (Phi) is 5.66. The number of hydrogen-bond donors (Lipinski definition) is 2. The van der Waals surface area contributed by atoms with Gasteiger partial charge in [-0.15, -0.1) is 0 Å². The smallest absolute Gasteiger partial charge is 0.256 e. The summed E-state index contributed by atoms with van der Waals surface area (Å²) in [5, 5.41) is 5.97. The van der Waals surface area contributed by atoms with Crippen molar-refractivity contribution in [1.82, 2.24) is 5.32 Å². The first-order valence-corrected chi connectivity index (χ1v) is 10.4. The minimum Gasteiger partial charge on any atom is -0.350 e. The summed E-state index contributed by atoms with van der Waals surface area (Å²) in [6.07, 6.45) is 2.44. The van der Waals surface area contributed by atoms with Crippen molar-refractivity contribution < 1.29 is 9.59 Å². The minimum atomic E-state index is -0.183. The second kappa shape index (κ2) is 8.54. The molecule has 1 saturated carbocycles. The maximum absolute atomic E-state index is 13.2. The van der Waals surface area contributed by atoms with E-state index in [0.29, 0.717) is 17.0 Å². The Balaban J connectivity index is 1.66. The minimum absolute atomic E-state index is 0.0304. The lowest BCUT2D eigenvalue weighted by atomic mass is 9.94. The van der Waals surface area contributed by atoms with Crippen molar-refractivity contribution in [2.75, 3.05) is 5.32 Å². The molecular weight excluding hydrogens is 372 g/mol. The second-order valence-corrected chi connectivity index (χ2v) is 8.07. The molecule has 4 nitrogen and oxygen atoms in total. The van der Waals surface area contributed by atoms with Gasteiger partial charge in [0, 0.05) is 22.9 Å². The van der Waals surface area contributed by atoms with Crippen LogP contribution < -0.4 is 10.6 Å². The molecule has 4 heteroatoms. The molecule has 0 unspecified atom stereocenters. The first kappa shape index (κ1) is 19.9. The van der Waals surface area contributed by atoms with Crippen LogP contribution in [-0.2, 0) is 0 Å². The lowest BCUT2D eigenvalue weighted by molar-refractivity contribution is 0.0942. The van der Waals surface area contributed by atoms with E-state index in [0.717, 1.165) is 16.8 Å². The second-order valence-electron chi connectivity index (χ2n) is 8.07. The summed E-state index contributed by atoms with van der Waals surface area (Å²) in [5.74, 6) is 0.297. The third kappa shape index (κ3) is 4.43. The normalized spacial score (nSPS) is 13.2. The Morgan fingerprint density at radius 1 is 0.800 bits per heavy atom. The van der Waals surface area contributed by atoms with Gasteiger partial charge in [0.1, 0.15) is 0 Å². The number of nitrogens with one attached hydrogen (secondary N) is 2. The van der Waals surface area contributed by atoms with Crippen LogP contribution in [0.25, 0.3) is 11.1 Å². The molecule has 30 heavy (non-hydrogen) atoms. The van der Waals surface area contributed by atoms with Gasteiger partial charge in [-0.05, 0) is 73.6 Å². The maximum atomic E-state index is 13.2. The summed E-state index contributed by atoms with van der Waals surface area (Å²) >= 11 is 0.